The molecule has 1 heterocycles. The lowest BCUT2D eigenvalue weighted by Crippen LogP contribution is -2.23. The molecule has 3 N–H and O–H groups in total. The summed E-state index contributed by atoms with van der Waals surface area (Å²) in [5.41, 5.74) is 4.60. The first-order valence-corrected chi connectivity index (χ1v) is 8.75. The molecule has 25 heavy (non-hydrogen) atoms. The van der Waals surface area contributed by atoms with Gasteiger partial charge in [0.1, 0.15) is 0 Å². The second-order valence-electron chi connectivity index (χ2n) is 6.46. The molecule has 0 radical (unpaired) electrons. The third-order valence-corrected chi connectivity index (χ3v) is 4.38. The van der Waals surface area contributed by atoms with Gasteiger partial charge < -0.3 is 10.4 Å². The number of hydrogen-bond acceptors (Lipinski definition) is 3. The first-order chi connectivity index (χ1) is 12.2. The molecule has 2 atom stereocenters. The predicted molar refractivity (Wildman–Crippen MR) is 101 cm³/mol. The number of benzene rings is 2. The van der Waals surface area contributed by atoms with Crippen molar-refractivity contribution in [1.29, 1.82) is 0 Å². The van der Waals surface area contributed by atoms with Crippen LogP contribution in [0.5, 0.6) is 0 Å². The fourth-order valence-corrected chi connectivity index (χ4v) is 3.16. The van der Waals surface area contributed by atoms with Crippen LogP contribution < -0.4 is 5.32 Å². The summed E-state index contributed by atoms with van der Waals surface area (Å²) in [6.45, 7) is 3.40. The van der Waals surface area contributed by atoms with Gasteiger partial charge in [-0.3, -0.25) is 5.10 Å². The maximum absolute atomic E-state index is 9.82. The van der Waals surface area contributed by atoms with E-state index in [1.807, 2.05) is 49.5 Å². The Morgan fingerprint density at radius 1 is 1.04 bits per heavy atom. The van der Waals surface area contributed by atoms with Gasteiger partial charge in [-0.15, -0.1) is 0 Å². The zero-order chi connectivity index (χ0) is 17.5. The number of hydrogen-bond donors (Lipinski definition) is 3. The molecule has 130 valence electrons. The molecule has 0 saturated heterocycles. The summed E-state index contributed by atoms with van der Waals surface area (Å²) < 4.78 is 0. The zero-order valence-corrected chi connectivity index (χ0v) is 14.5. The van der Waals surface area contributed by atoms with Gasteiger partial charge in [-0.2, -0.15) is 5.10 Å². The van der Waals surface area contributed by atoms with Crippen LogP contribution in [0.4, 0.5) is 0 Å². The molecule has 0 aliphatic heterocycles. The van der Waals surface area contributed by atoms with Gasteiger partial charge in [0.2, 0.25) is 0 Å². The molecule has 0 fully saturated rings. The third kappa shape index (κ3) is 4.78. The van der Waals surface area contributed by atoms with E-state index < -0.39 is 0 Å². The highest BCUT2D eigenvalue weighted by Crippen LogP contribution is 2.22. The molecule has 0 saturated carbocycles. The Kier molecular flexibility index (Phi) is 5.99. The Balaban J connectivity index is 1.64. The summed E-state index contributed by atoms with van der Waals surface area (Å²) in [5, 5.41) is 20.6. The van der Waals surface area contributed by atoms with Gasteiger partial charge in [0, 0.05) is 18.7 Å². The number of nitrogens with zero attached hydrogens (tertiary/aromatic N) is 1. The fraction of sp³-hybridized carbons (Fsp3) is 0.286. The van der Waals surface area contributed by atoms with Crippen molar-refractivity contribution in [3.63, 3.8) is 0 Å². The number of nitrogens with one attached hydrogen (secondary N) is 2. The normalized spacial score (nSPS) is 13.5. The Hall–Kier alpha value is -2.43. The summed E-state index contributed by atoms with van der Waals surface area (Å²) in [6.07, 6.45) is 2.30. The maximum atomic E-state index is 9.82. The van der Waals surface area contributed by atoms with Crippen LogP contribution in [0.3, 0.4) is 0 Å². The second-order valence-corrected chi connectivity index (χ2v) is 6.46. The molecule has 2 aromatic carbocycles. The molecule has 2 unspecified atom stereocenters. The summed E-state index contributed by atoms with van der Waals surface area (Å²) in [6, 6.07) is 20.6. The first-order valence-electron chi connectivity index (χ1n) is 8.75. The van der Waals surface area contributed by atoms with Crippen LogP contribution in [-0.2, 0) is 6.54 Å². The third-order valence-electron chi connectivity index (χ3n) is 4.38. The van der Waals surface area contributed by atoms with Gasteiger partial charge in [0.15, 0.2) is 0 Å². The highest BCUT2D eigenvalue weighted by molar-refractivity contribution is 5.62. The molecule has 0 amide bonds. The average molecular weight is 335 g/mol. The average Bonchev–Trinajstić information content (AvgIpc) is 3.10. The smallest absolute Gasteiger partial charge is 0.0695 e. The van der Waals surface area contributed by atoms with Crippen LogP contribution in [-0.4, -0.2) is 28.0 Å². The van der Waals surface area contributed by atoms with E-state index in [1.165, 1.54) is 5.56 Å². The molecule has 4 nitrogen and oxygen atoms in total. The van der Waals surface area contributed by atoms with Crippen LogP contribution in [0.1, 0.15) is 30.4 Å². The first kappa shape index (κ1) is 17.4. The molecule has 0 aliphatic carbocycles. The van der Waals surface area contributed by atoms with E-state index in [2.05, 4.69) is 39.8 Å². The van der Waals surface area contributed by atoms with E-state index in [9.17, 15) is 5.11 Å². The van der Waals surface area contributed by atoms with Crippen molar-refractivity contribution in [2.75, 3.05) is 6.54 Å². The van der Waals surface area contributed by atoms with Crippen molar-refractivity contribution < 1.29 is 5.11 Å². The molecule has 3 aromatic rings. The van der Waals surface area contributed by atoms with Gasteiger partial charge in [-0.1, -0.05) is 60.7 Å². The van der Waals surface area contributed by atoms with Gasteiger partial charge in [0.05, 0.1) is 18.0 Å². The minimum absolute atomic E-state index is 0.285. The van der Waals surface area contributed by atoms with Crippen LogP contribution in [0.15, 0.2) is 66.9 Å². The van der Waals surface area contributed by atoms with E-state index in [1.54, 1.807) is 0 Å². The van der Waals surface area contributed by atoms with Crippen LogP contribution in [0.2, 0.25) is 0 Å². The maximum Gasteiger partial charge on any atom is 0.0695 e. The lowest BCUT2D eigenvalue weighted by atomic mass is 9.93. The van der Waals surface area contributed by atoms with Crippen LogP contribution >= 0.6 is 0 Å². The molecule has 0 aliphatic rings. The molecular weight excluding hydrogens is 310 g/mol. The molecule has 0 bridgehead atoms. The predicted octanol–water partition coefficient (Wildman–Crippen LogP) is 3.72. The van der Waals surface area contributed by atoms with Crippen molar-refractivity contribution in [3.8, 4) is 11.3 Å². The number of rotatable bonds is 8. The molecule has 1 aromatic heterocycles. The Labute approximate surface area is 148 Å². The lowest BCUT2D eigenvalue weighted by molar-refractivity contribution is 0.173. The number of H-pyrrole nitrogens is 1. The molecular formula is C21H25N3O. The zero-order valence-electron chi connectivity index (χ0n) is 14.5. The minimum atomic E-state index is -0.319. The molecule has 4 heteroatoms. The fourth-order valence-electron chi connectivity index (χ4n) is 3.16. The second kappa shape index (κ2) is 8.60. The van der Waals surface area contributed by atoms with Gasteiger partial charge in [-0.25, -0.2) is 0 Å². The summed E-state index contributed by atoms with van der Waals surface area (Å²) in [7, 11) is 0. The monoisotopic (exact) mass is 335 g/mol. The van der Waals surface area contributed by atoms with Gasteiger partial charge >= 0.3 is 0 Å². The lowest BCUT2D eigenvalue weighted by Gasteiger charge is -2.19. The largest absolute Gasteiger partial charge is 0.393 e. The van der Waals surface area contributed by atoms with Crippen LogP contribution in [0, 0.1) is 0 Å². The van der Waals surface area contributed by atoms with Crippen molar-refractivity contribution >= 4 is 0 Å². The number of aromatic amines is 1. The summed E-state index contributed by atoms with van der Waals surface area (Å²) in [5.74, 6) is 0.285. The van der Waals surface area contributed by atoms with E-state index in [4.69, 9.17) is 0 Å². The van der Waals surface area contributed by atoms with Gasteiger partial charge in [0.25, 0.3) is 0 Å². The van der Waals surface area contributed by atoms with Crippen molar-refractivity contribution in [2.24, 2.45) is 0 Å². The van der Waals surface area contributed by atoms with E-state index in [-0.39, 0.29) is 12.0 Å². The SMILES string of the molecule is CC(O)CC(CNCc1cn[nH]c1-c1ccccc1)c1ccccc1. The topological polar surface area (TPSA) is 60.9 Å². The minimum Gasteiger partial charge on any atom is -0.393 e. The quantitative estimate of drug-likeness (QED) is 0.588. The highest BCUT2D eigenvalue weighted by Gasteiger charge is 2.14. The van der Waals surface area contributed by atoms with Crippen molar-refractivity contribution in [2.45, 2.75) is 31.9 Å². The molecule has 3 rings (SSSR count). The standard InChI is InChI=1S/C21H25N3O/c1-16(25)12-19(17-8-4-2-5-9-17)13-22-14-20-15-23-24-21(20)18-10-6-3-7-11-18/h2-11,15-16,19,22,25H,12-14H2,1H3,(H,23,24). The Morgan fingerprint density at radius 2 is 1.72 bits per heavy atom. The van der Waals surface area contributed by atoms with E-state index in [0.717, 1.165) is 36.3 Å². The van der Waals surface area contributed by atoms with E-state index in [0.29, 0.717) is 0 Å². The van der Waals surface area contributed by atoms with Crippen molar-refractivity contribution in [3.05, 3.63) is 78.0 Å². The van der Waals surface area contributed by atoms with Crippen molar-refractivity contribution in [1.82, 2.24) is 15.5 Å². The van der Waals surface area contributed by atoms with Gasteiger partial charge in [-0.05, 0) is 30.4 Å². The summed E-state index contributed by atoms with van der Waals surface area (Å²) >= 11 is 0. The summed E-state index contributed by atoms with van der Waals surface area (Å²) in [4.78, 5) is 0. The Morgan fingerprint density at radius 3 is 2.40 bits per heavy atom. The molecule has 0 spiro atoms. The number of aliphatic hydroxyl groups excluding tert-OH is 1. The number of aliphatic hydroxyl groups is 1. The Bertz CT molecular complexity index is 753. The number of aromatic nitrogens is 2. The van der Waals surface area contributed by atoms with Crippen LogP contribution in [0.25, 0.3) is 11.3 Å². The highest BCUT2D eigenvalue weighted by atomic mass is 16.3. The van der Waals surface area contributed by atoms with E-state index >= 15 is 0 Å².